The van der Waals surface area contributed by atoms with E-state index in [-0.39, 0.29) is 18.5 Å². The molecule has 2 atom stereocenters. The molecule has 0 aliphatic carbocycles. The maximum Gasteiger partial charge on any atom is 0.305 e. The maximum atomic E-state index is 12.5. The highest BCUT2D eigenvalue weighted by Crippen LogP contribution is 2.18. The van der Waals surface area contributed by atoms with Crippen LogP contribution in [-0.4, -0.2) is 47.4 Å². The molecule has 6 heteroatoms. The van der Waals surface area contributed by atoms with Gasteiger partial charge in [0.15, 0.2) is 0 Å². The number of hydrogen-bond acceptors (Lipinski definition) is 5. The van der Waals surface area contributed by atoms with Gasteiger partial charge < -0.3 is 20.3 Å². The van der Waals surface area contributed by atoms with Crippen LogP contribution in [0.25, 0.3) is 0 Å². The van der Waals surface area contributed by atoms with Crippen molar-refractivity contribution in [1.29, 1.82) is 0 Å². The summed E-state index contributed by atoms with van der Waals surface area (Å²) in [6.07, 6.45) is 84.6. The van der Waals surface area contributed by atoms with Crippen LogP contribution in [0, 0.1) is 0 Å². The summed E-state index contributed by atoms with van der Waals surface area (Å²) in [6, 6.07) is -0.635. The molecular formula is C70H131NO5. The van der Waals surface area contributed by atoms with Gasteiger partial charge >= 0.3 is 5.97 Å². The van der Waals surface area contributed by atoms with Gasteiger partial charge in [-0.2, -0.15) is 0 Å². The molecule has 0 fully saturated rings. The number of unbranched alkanes of at least 4 members (excludes halogenated alkanes) is 46. The van der Waals surface area contributed by atoms with Crippen molar-refractivity contribution in [2.75, 3.05) is 13.2 Å². The second-order valence-electron chi connectivity index (χ2n) is 23.1. The zero-order chi connectivity index (χ0) is 55.0. The number of rotatable bonds is 63. The molecule has 0 spiro atoms. The Morgan fingerprint density at radius 2 is 0.671 bits per heavy atom. The van der Waals surface area contributed by atoms with Crippen molar-refractivity contribution in [2.45, 2.75) is 373 Å². The lowest BCUT2D eigenvalue weighted by Gasteiger charge is -2.20. The number of carbonyl (C=O) groups excluding carboxylic acids is 2. The molecule has 0 saturated heterocycles. The van der Waals surface area contributed by atoms with Crippen molar-refractivity contribution in [1.82, 2.24) is 5.32 Å². The van der Waals surface area contributed by atoms with Crippen molar-refractivity contribution in [3.63, 3.8) is 0 Å². The molecule has 0 saturated carbocycles. The lowest BCUT2D eigenvalue weighted by Crippen LogP contribution is -2.45. The van der Waals surface area contributed by atoms with Gasteiger partial charge in [-0.1, -0.05) is 313 Å². The normalized spacial score (nSPS) is 12.8. The maximum absolute atomic E-state index is 12.5. The first-order chi connectivity index (χ1) is 37.5. The summed E-state index contributed by atoms with van der Waals surface area (Å²) in [4.78, 5) is 24.6. The van der Waals surface area contributed by atoms with Crippen molar-refractivity contribution in [3.8, 4) is 0 Å². The van der Waals surface area contributed by atoms with Crippen molar-refractivity contribution in [2.24, 2.45) is 0 Å². The number of hydrogen-bond donors (Lipinski definition) is 3. The first kappa shape index (κ1) is 73.8. The molecule has 0 aromatic carbocycles. The zero-order valence-corrected chi connectivity index (χ0v) is 51.0. The number of esters is 1. The van der Waals surface area contributed by atoms with E-state index in [2.05, 4.69) is 55.6 Å². The van der Waals surface area contributed by atoms with E-state index in [4.69, 9.17) is 4.74 Å². The largest absolute Gasteiger partial charge is 0.466 e. The third-order valence-corrected chi connectivity index (χ3v) is 15.6. The molecule has 0 aliphatic heterocycles. The fraction of sp³-hybridized carbons (Fsp3) is 0.857. The minimum absolute atomic E-state index is 0.00361. The van der Waals surface area contributed by atoms with E-state index in [0.717, 1.165) is 57.8 Å². The van der Waals surface area contributed by atoms with Gasteiger partial charge in [0.1, 0.15) is 0 Å². The summed E-state index contributed by atoms with van der Waals surface area (Å²) >= 11 is 0. The molecule has 0 aromatic heterocycles. The fourth-order valence-corrected chi connectivity index (χ4v) is 10.4. The highest BCUT2D eigenvalue weighted by Gasteiger charge is 2.18. The Morgan fingerprint density at radius 3 is 1.05 bits per heavy atom. The van der Waals surface area contributed by atoms with Gasteiger partial charge in [0.25, 0.3) is 0 Å². The molecule has 1 amide bonds. The molecule has 0 radical (unpaired) electrons. The van der Waals surface area contributed by atoms with Crippen LogP contribution in [0.5, 0.6) is 0 Å². The molecule has 6 nitrogen and oxygen atoms in total. The second-order valence-corrected chi connectivity index (χ2v) is 23.1. The minimum atomic E-state index is -0.850. The lowest BCUT2D eigenvalue weighted by molar-refractivity contribution is -0.143. The third kappa shape index (κ3) is 61.0. The van der Waals surface area contributed by atoms with Crippen LogP contribution >= 0.6 is 0 Å². The highest BCUT2D eigenvalue weighted by molar-refractivity contribution is 5.76. The Morgan fingerprint density at radius 1 is 0.368 bits per heavy atom. The SMILES string of the molecule is CCCC/C=C\C/C=C\CCCCCCCC(=O)OCCCCCCCCCCCCCC/C=C\CCCCCCCCCC(=O)NC(CO)C(O)/C=C/CCCCCCCCCCCCCCCCCCCCCC. The van der Waals surface area contributed by atoms with Crippen LogP contribution in [0.15, 0.2) is 48.6 Å². The molecule has 0 heterocycles. The van der Waals surface area contributed by atoms with Crippen LogP contribution in [0.2, 0.25) is 0 Å². The Kier molecular flexibility index (Phi) is 63.5. The van der Waals surface area contributed by atoms with Crippen molar-refractivity contribution >= 4 is 11.9 Å². The molecule has 0 aromatic rings. The van der Waals surface area contributed by atoms with E-state index in [1.165, 1.54) is 276 Å². The standard InChI is InChI=1S/C70H131NO5/c1-3-5-7-9-11-13-15-17-19-20-21-22-26-29-32-35-38-42-46-50-54-58-62-68(73)67(66-72)71-69(74)63-59-55-51-47-43-39-36-33-30-27-24-23-25-28-31-34-37-41-45-49-53-57-61-65-76-70(75)64-60-56-52-48-44-40-18-16-14-12-10-8-6-4-2/h10,12,16,18,27,30,58,62,67-68,72-73H,3-9,11,13-15,17,19-26,28-29,31-57,59-61,63-66H2,1-2H3,(H,71,74)/b12-10-,18-16-,30-27-,62-58+. The second kappa shape index (κ2) is 65.3. The summed E-state index contributed by atoms with van der Waals surface area (Å²) < 4.78 is 5.47. The Bertz CT molecular complexity index is 1270. The summed E-state index contributed by atoms with van der Waals surface area (Å²) in [5.74, 6) is -0.0753. The average molecular weight is 1070 g/mol. The molecule has 0 rings (SSSR count). The minimum Gasteiger partial charge on any atom is -0.466 e. The van der Waals surface area contributed by atoms with E-state index < -0.39 is 12.1 Å². The number of allylic oxidation sites excluding steroid dienone is 7. The Labute approximate surface area is 474 Å². The van der Waals surface area contributed by atoms with E-state index in [1.54, 1.807) is 6.08 Å². The topological polar surface area (TPSA) is 95.9 Å². The van der Waals surface area contributed by atoms with Gasteiger partial charge in [0.05, 0.1) is 25.4 Å². The molecule has 0 bridgehead atoms. The van der Waals surface area contributed by atoms with Crippen LogP contribution in [-0.2, 0) is 14.3 Å². The summed E-state index contributed by atoms with van der Waals surface area (Å²) in [5.41, 5.74) is 0. The third-order valence-electron chi connectivity index (χ3n) is 15.6. The van der Waals surface area contributed by atoms with Gasteiger partial charge in [0, 0.05) is 12.8 Å². The number of nitrogens with one attached hydrogen (secondary N) is 1. The molecule has 3 N–H and O–H groups in total. The molecular weight excluding hydrogens is 935 g/mol. The fourth-order valence-electron chi connectivity index (χ4n) is 10.4. The summed E-state index contributed by atoms with van der Waals surface area (Å²) in [6.45, 7) is 4.88. The van der Waals surface area contributed by atoms with Gasteiger partial charge in [-0.3, -0.25) is 9.59 Å². The van der Waals surface area contributed by atoms with Crippen LogP contribution < -0.4 is 5.32 Å². The molecule has 446 valence electrons. The number of aliphatic hydroxyl groups is 2. The number of ether oxygens (including phenoxy) is 1. The summed E-state index contributed by atoms with van der Waals surface area (Å²) in [5, 5.41) is 23.2. The number of aliphatic hydroxyl groups excluding tert-OH is 2. The highest BCUT2D eigenvalue weighted by atomic mass is 16.5. The van der Waals surface area contributed by atoms with Gasteiger partial charge in [-0.05, 0) is 83.5 Å². The van der Waals surface area contributed by atoms with Crippen molar-refractivity contribution < 1.29 is 24.5 Å². The Hall–Kier alpha value is -2.18. The molecule has 2 unspecified atom stereocenters. The quantitative estimate of drug-likeness (QED) is 0.0320. The van der Waals surface area contributed by atoms with E-state index in [1.807, 2.05) is 6.08 Å². The first-order valence-corrected chi connectivity index (χ1v) is 33.9. The van der Waals surface area contributed by atoms with E-state index in [0.29, 0.717) is 19.4 Å². The van der Waals surface area contributed by atoms with Gasteiger partial charge in [0.2, 0.25) is 5.91 Å². The number of carbonyl (C=O) groups is 2. The monoisotopic (exact) mass is 1070 g/mol. The predicted molar refractivity (Wildman–Crippen MR) is 333 cm³/mol. The van der Waals surface area contributed by atoms with Crippen molar-refractivity contribution in [3.05, 3.63) is 48.6 Å². The zero-order valence-electron chi connectivity index (χ0n) is 51.0. The van der Waals surface area contributed by atoms with Crippen LogP contribution in [0.1, 0.15) is 361 Å². The van der Waals surface area contributed by atoms with Crippen LogP contribution in [0.3, 0.4) is 0 Å². The smallest absolute Gasteiger partial charge is 0.305 e. The van der Waals surface area contributed by atoms with E-state index in [9.17, 15) is 19.8 Å². The number of amides is 1. The molecule has 76 heavy (non-hydrogen) atoms. The average Bonchev–Trinajstić information content (AvgIpc) is 3.42. The summed E-state index contributed by atoms with van der Waals surface area (Å²) in [7, 11) is 0. The predicted octanol–water partition coefficient (Wildman–Crippen LogP) is 21.7. The molecule has 0 aliphatic rings. The van der Waals surface area contributed by atoms with E-state index >= 15 is 0 Å². The Balaban J connectivity index is 3.45. The van der Waals surface area contributed by atoms with Crippen LogP contribution in [0.4, 0.5) is 0 Å². The van der Waals surface area contributed by atoms with Gasteiger partial charge in [-0.15, -0.1) is 0 Å². The first-order valence-electron chi connectivity index (χ1n) is 33.9. The lowest BCUT2D eigenvalue weighted by atomic mass is 10.0. The van der Waals surface area contributed by atoms with Gasteiger partial charge in [-0.25, -0.2) is 0 Å².